The van der Waals surface area contributed by atoms with Crippen molar-refractivity contribution in [2.45, 2.75) is 63.2 Å². The molecule has 2 aliphatic carbocycles. The van der Waals surface area contributed by atoms with Crippen LogP contribution in [0.5, 0.6) is 0 Å². The third-order valence-electron chi connectivity index (χ3n) is 4.22. The van der Waals surface area contributed by atoms with E-state index in [2.05, 4.69) is 12.2 Å². The Morgan fingerprint density at radius 2 is 2.10 bits per heavy atom. The van der Waals surface area contributed by atoms with Gasteiger partial charge in [-0.15, -0.1) is 11.3 Å². The molecule has 1 heterocycles. The lowest BCUT2D eigenvalue weighted by Gasteiger charge is -2.12. The van der Waals surface area contributed by atoms with E-state index in [0.717, 1.165) is 48.4 Å². The molecule has 116 valence electrons. The van der Waals surface area contributed by atoms with Crippen molar-refractivity contribution in [2.24, 2.45) is 5.92 Å². The zero-order chi connectivity index (χ0) is 14.8. The van der Waals surface area contributed by atoms with Gasteiger partial charge in [0.1, 0.15) is 5.00 Å². The fourth-order valence-electron chi connectivity index (χ4n) is 2.80. The van der Waals surface area contributed by atoms with Crippen molar-refractivity contribution < 1.29 is 9.00 Å². The molecule has 3 rings (SSSR count). The van der Waals surface area contributed by atoms with Crippen LogP contribution in [0.3, 0.4) is 0 Å². The largest absolute Gasteiger partial charge is 0.316 e. The standard InChI is InChI=1S/C16H23NO2S2/c1-2-3-10-21(19)14-12-6-4-5-7-13(12)20-16(14)17-15(18)11-8-9-11/h11H,2-10H2,1H3,(H,17,18). The van der Waals surface area contributed by atoms with E-state index < -0.39 is 10.8 Å². The van der Waals surface area contributed by atoms with Gasteiger partial charge in [0.05, 0.1) is 15.7 Å². The van der Waals surface area contributed by atoms with E-state index in [0.29, 0.717) is 5.75 Å². The second-order valence-corrected chi connectivity index (χ2v) is 8.65. The molecule has 1 aromatic rings. The quantitative estimate of drug-likeness (QED) is 0.862. The van der Waals surface area contributed by atoms with E-state index in [-0.39, 0.29) is 11.8 Å². The first-order chi connectivity index (χ1) is 10.2. The van der Waals surface area contributed by atoms with Gasteiger partial charge in [-0.1, -0.05) is 13.3 Å². The van der Waals surface area contributed by atoms with Crippen molar-refractivity contribution in [1.82, 2.24) is 0 Å². The van der Waals surface area contributed by atoms with Gasteiger partial charge in [0.2, 0.25) is 5.91 Å². The van der Waals surface area contributed by atoms with E-state index in [1.165, 1.54) is 23.3 Å². The second-order valence-electron chi connectivity index (χ2n) is 6.04. The average Bonchev–Trinajstić information content (AvgIpc) is 3.26. The summed E-state index contributed by atoms with van der Waals surface area (Å²) < 4.78 is 12.7. The van der Waals surface area contributed by atoms with Crippen LogP contribution in [0.2, 0.25) is 0 Å². The van der Waals surface area contributed by atoms with Crippen LogP contribution in [0.1, 0.15) is 55.9 Å². The van der Waals surface area contributed by atoms with Gasteiger partial charge < -0.3 is 5.32 Å². The lowest BCUT2D eigenvalue weighted by Crippen LogP contribution is -2.14. The molecule has 0 aliphatic heterocycles. The molecule has 1 aromatic heterocycles. The molecular weight excluding hydrogens is 302 g/mol. The number of amides is 1. The normalized spacial score (nSPS) is 19.1. The minimum atomic E-state index is -0.967. The molecule has 3 nitrogen and oxygen atoms in total. The number of hydrogen-bond acceptors (Lipinski definition) is 3. The minimum absolute atomic E-state index is 0.127. The first kappa shape index (κ1) is 15.2. The molecule has 1 N–H and O–H groups in total. The van der Waals surface area contributed by atoms with Crippen molar-refractivity contribution in [2.75, 3.05) is 11.1 Å². The number of nitrogens with one attached hydrogen (secondary N) is 1. The van der Waals surface area contributed by atoms with Gasteiger partial charge in [0, 0.05) is 16.5 Å². The Labute approximate surface area is 133 Å². The van der Waals surface area contributed by atoms with E-state index in [1.54, 1.807) is 11.3 Å². The van der Waals surface area contributed by atoms with Crippen LogP contribution in [-0.2, 0) is 28.4 Å². The van der Waals surface area contributed by atoms with Crippen molar-refractivity contribution in [3.63, 3.8) is 0 Å². The molecule has 0 saturated heterocycles. The van der Waals surface area contributed by atoms with Gasteiger partial charge in [-0.3, -0.25) is 9.00 Å². The number of unbranched alkanes of at least 4 members (excludes halogenated alkanes) is 1. The van der Waals surface area contributed by atoms with Crippen LogP contribution < -0.4 is 5.32 Å². The summed E-state index contributed by atoms with van der Waals surface area (Å²) in [6.07, 6.45) is 8.54. The zero-order valence-corrected chi connectivity index (χ0v) is 14.2. The summed E-state index contributed by atoms with van der Waals surface area (Å²) in [5.74, 6) is 1.04. The van der Waals surface area contributed by atoms with E-state index in [4.69, 9.17) is 0 Å². The maximum absolute atomic E-state index is 12.7. The van der Waals surface area contributed by atoms with Crippen molar-refractivity contribution in [1.29, 1.82) is 0 Å². The lowest BCUT2D eigenvalue weighted by molar-refractivity contribution is -0.117. The number of aryl methyl sites for hydroxylation is 1. The van der Waals surface area contributed by atoms with Gasteiger partial charge in [-0.2, -0.15) is 0 Å². The molecule has 21 heavy (non-hydrogen) atoms. The minimum Gasteiger partial charge on any atom is -0.316 e. The van der Waals surface area contributed by atoms with Gasteiger partial charge in [0.15, 0.2) is 0 Å². The van der Waals surface area contributed by atoms with Gasteiger partial charge in [0.25, 0.3) is 0 Å². The first-order valence-electron chi connectivity index (χ1n) is 8.04. The monoisotopic (exact) mass is 325 g/mol. The number of fused-ring (bicyclic) bond motifs is 1. The Hall–Kier alpha value is -0.680. The topological polar surface area (TPSA) is 46.2 Å². The molecule has 1 unspecified atom stereocenters. The SMILES string of the molecule is CCCCS(=O)c1c(NC(=O)C2CC2)sc2c1CCCC2. The van der Waals surface area contributed by atoms with Crippen LogP contribution in [0, 0.1) is 5.92 Å². The molecule has 0 spiro atoms. The Morgan fingerprint density at radius 3 is 2.81 bits per heavy atom. The highest BCUT2D eigenvalue weighted by Crippen LogP contribution is 2.41. The summed E-state index contributed by atoms with van der Waals surface area (Å²) in [7, 11) is -0.967. The Kier molecular flexibility index (Phi) is 4.79. The number of carbonyl (C=O) groups is 1. The van der Waals surface area contributed by atoms with E-state index in [9.17, 15) is 9.00 Å². The van der Waals surface area contributed by atoms with Crippen molar-refractivity contribution in [3.8, 4) is 0 Å². The summed E-state index contributed by atoms with van der Waals surface area (Å²) in [6, 6.07) is 0. The average molecular weight is 325 g/mol. The summed E-state index contributed by atoms with van der Waals surface area (Å²) in [5, 5.41) is 3.96. The smallest absolute Gasteiger partial charge is 0.228 e. The van der Waals surface area contributed by atoms with Gasteiger partial charge in [-0.05, 0) is 50.5 Å². The summed E-state index contributed by atoms with van der Waals surface area (Å²) >= 11 is 1.67. The zero-order valence-electron chi connectivity index (χ0n) is 12.6. The summed E-state index contributed by atoms with van der Waals surface area (Å²) in [4.78, 5) is 14.4. The molecule has 2 aliphatic rings. The highest BCUT2D eigenvalue weighted by atomic mass is 32.2. The number of thiophene rings is 1. The first-order valence-corrected chi connectivity index (χ1v) is 10.2. The van der Waals surface area contributed by atoms with Crippen LogP contribution in [0.4, 0.5) is 5.00 Å². The predicted octanol–water partition coefficient (Wildman–Crippen LogP) is 3.88. The summed E-state index contributed by atoms with van der Waals surface area (Å²) in [6.45, 7) is 2.12. The molecule has 5 heteroatoms. The Balaban J connectivity index is 1.87. The molecule has 1 atom stereocenters. The molecule has 0 bridgehead atoms. The van der Waals surface area contributed by atoms with Crippen LogP contribution in [0.15, 0.2) is 4.90 Å². The fraction of sp³-hybridized carbons (Fsp3) is 0.688. The number of hydrogen-bond donors (Lipinski definition) is 1. The fourth-order valence-corrected chi connectivity index (χ4v) is 5.97. The predicted molar refractivity (Wildman–Crippen MR) is 88.5 cm³/mol. The number of carbonyl (C=O) groups excluding carboxylic acids is 1. The lowest BCUT2D eigenvalue weighted by atomic mass is 9.99. The molecule has 1 amide bonds. The summed E-state index contributed by atoms with van der Waals surface area (Å²) in [5.41, 5.74) is 1.28. The highest BCUT2D eigenvalue weighted by molar-refractivity contribution is 7.85. The van der Waals surface area contributed by atoms with E-state index >= 15 is 0 Å². The maximum atomic E-state index is 12.7. The van der Waals surface area contributed by atoms with Crippen LogP contribution in [-0.4, -0.2) is 15.9 Å². The van der Waals surface area contributed by atoms with Crippen molar-refractivity contribution in [3.05, 3.63) is 10.4 Å². The molecule has 0 radical (unpaired) electrons. The van der Waals surface area contributed by atoms with E-state index in [1.807, 2.05) is 0 Å². The highest BCUT2D eigenvalue weighted by Gasteiger charge is 2.32. The maximum Gasteiger partial charge on any atom is 0.228 e. The Bertz CT molecular complexity index is 561. The van der Waals surface area contributed by atoms with Crippen molar-refractivity contribution >= 4 is 33.0 Å². The molecular formula is C16H23NO2S2. The van der Waals surface area contributed by atoms with Crippen LogP contribution >= 0.6 is 11.3 Å². The molecule has 1 fully saturated rings. The van der Waals surface area contributed by atoms with Crippen LogP contribution in [0.25, 0.3) is 0 Å². The second kappa shape index (κ2) is 6.61. The Morgan fingerprint density at radius 1 is 1.33 bits per heavy atom. The van der Waals surface area contributed by atoms with Gasteiger partial charge in [-0.25, -0.2) is 0 Å². The van der Waals surface area contributed by atoms with Gasteiger partial charge >= 0.3 is 0 Å². The number of rotatable bonds is 6. The third-order valence-corrected chi connectivity index (χ3v) is 7.12. The third kappa shape index (κ3) is 3.39. The molecule has 0 aromatic carbocycles. The molecule has 1 saturated carbocycles. The number of anilines is 1.